The molecule has 0 saturated heterocycles. The summed E-state index contributed by atoms with van der Waals surface area (Å²) in [5, 5.41) is 21.2. The highest BCUT2D eigenvalue weighted by Gasteiger charge is 2.37. The smallest absolute Gasteiger partial charge is 0.479 e. The Kier molecular flexibility index (Phi) is 9.36. The van der Waals surface area contributed by atoms with E-state index < -0.39 is 59.4 Å². The fourth-order valence-corrected chi connectivity index (χ4v) is 2.67. The van der Waals surface area contributed by atoms with Crippen LogP contribution in [0.15, 0.2) is 42.5 Å². The van der Waals surface area contributed by atoms with Crippen LogP contribution in [0.4, 0.5) is 22.0 Å². The summed E-state index contributed by atoms with van der Waals surface area (Å²) < 4.78 is 68.4. The van der Waals surface area contributed by atoms with Crippen molar-refractivity contribution in [3.05, 3.63) is 65.2 Å². The molecule has 5 N–H and O–H groups in total. The summed E-state index contributed by atoms with van der Waals surface area (Å²) in [6.45, 7) is 0. The summed E-state index contributed by atoms with van der Waals surface area (Å²) in [5.41, 5.74) is 5.40. The van der Waals surface area contributed by atoms with Gasteiger partial charge in [-0.3, -0.25) is 4.79 Å². The Bertz CT molecular complexity index is 946. The number of alkyl halides is 3. The molecule has 32 heavy (non-hydrogen) atoms. The van der Waals surface area contributed by atoms with Crippen LogP contribution in [-0.2, 0) is 16.0 Å². The maximum absolute atomic E-state index is 14.4. The van der Waals surface area contributed by atoms with E-state index in [2.05, 4.69) is 4.74 Å². The molecule has 176 valence electrons. The molecular weight excluding hydrogens is 467 g/mol. The van der Waals surface area contributed by atoms with Gasteiger partial charge < -0.3 is 26.0 Å². The molecule has 0 fully saturated rings. The number of carbonyl (C=O) groups is 2. The summed E-state index contributed by atoms with van der Waals surface area (Å²) in [6.07, 6.45) is -7.36. The Labute approximate surface area is 184 Å². The average Bonchev–Trinajstić information content (AvgIpc) is 2.69. The van der Waals surface area contributed by atoms with Crippen molar-refractivity contribution in [2.75, 3.05) is 0 Å². The molecular formula is C19H18ClF5N2O5. The Hall–Kier alpha value is -2.96. The quantitative estimate of drug-likeness (QED) is 0.427. The number of amides is 1. The first-order valence-corrected chi connectivity index (χ1v) is 8.65. The maximum Gasteiger partial charge on any atom is 0.573 e. The van der Waals surface area contributed by atoms with Crippen molar-refractivity contribution in [3.8, 4) is 5.75 Å². The number of rotatable bonds is 8. The fourth-order valence-electron chi connectivity index (χ4n) is 2.67. The number of ether oxygens (including phenoxy) is 1. The van der Waals surface area contributed by atoms with E-state index in [-0.39, 0.29) is 18.8 Å². The van der Waals surface area contributed by atoms with E-state index >= 15 is 0 Å². The number of nitrogens with two attached hydrogens (primary N) is 1. The van der Waals surface area contributed by atoms with E-state index in [9.17, 15) is 41.8 Å². The summed E-state index contributed by atoms with van der Waals surface area (Å²) in [6, 6.07) is 5.87. The molecule has 2 rings (SSSR count). The minimum absolute atomic E-state index is 0. The van der Waals surface area contributed by atoms with Gasteiger partial charge in [0.25, 0.3) is 5.91 Å². The molecule has 0 saturated carbocycles. The molecule has 1 amide bonds. The number of halogens is 6. The zero-order valence-electron chi connectivity index (χ0n) is 16.0. The monoisotopic (exact) mass is 484 g/mol. The van der Waals surface area contributed by atoms with E-state index in [0.29, 0.717) is 17.7 Å². The molecule has 3 atom stereocenters. The van der Waals surface area contributed by atoms with Crippen molar-refractivity contribution in [3.63, 3.8) is 0 Å². The first-order chi connectivity index (χ1) is 14.4. The van der Waals surface area contributed by atoms with Gasteiger partial charge in [-0.15, -0.1) is 25.6 Å². The molecule has 0 aliphatic carbocycles. The fraction of sp³-hybridized carbons (Fsp3) is 0.263. The van der Waals surface area contributed by atoms with Gasteiger partial charge in [0.2, 0.25) is 5.75 Å². The summed E-state index contributed by atoms with van der Waals surface area (Å²) in [7, 11) is 0. The van der Waals surface area contributed by atoms with Gasteiger partial charge in [-0.05, 0) is 18.1 Å². The highest BCUT2D eigenvalue weighted by Crippen LogP contribution is 2.32. The van der Waals surface area contributed by atoms with E-state index in [1.165, 1.54) is 0 Å². The Balaban J connectivity index is 0.00000512. The van der Waals surface area contributed by atoms with Crippen LogP contribution < -0.4 is 15.8 Å². The van der Waals surface area contributed by atoms with E-state index in [1.807, 2.05) is 0 Å². The third kappa shape index (κ3) is 7.04. The number of carbonyl (C=O) groups excluding carboxylic acids is 1. The molecule has 0 bridgehead atoms. The highest BCUT2D eigenvalue weighted by atomic mass is 35.5. The lowest BCUT2D eigenvalue weighted by atomic mass is 10.0. The van der Waals surface area contributed by atoms with E-state index in [0.717, 1.165) is 0 Å². The lowest BCUT2D eigenvalue weighted by molar-refractivity contribution is -0.276. The highest BCUT2D eigenvalue weighted by molar-refractivity contribution is 5.87. The number of hydrogen-bond acceptors (Lipinski definition) is 5. The van der Waals surface area contributed by atoms with Crippen LogP contribution in [0, 0.1) is 11.6 Å². The van der Waals surface area contributed by atoms with Crippen molar-refractivity contribution < 1.29 is 46.5 Å². The molecule has 0 unspecified atom stereocenters. The molecule has 0 radical (unpaired) electrons. The maximum atomic E-state index is 14.4. The zero-order valence-corrected chi connectivity index (χ0v) is 16.8. The van der Waals surface area contributed by atoms with Gasteiger partial charge >= 0.3 is 12.3 Å². The van der Waals surface area contributed by atoms with Gasteiger partial charge in [-0.1, -0.05) is 36.4 Å². The van der Waals surface area contributed by atoms with Gasteiger partial charge in [-0.2, -0.15) is 0 Å². The summed E-state index contributed by atoms with van der Waals surface area (Å²) >= 11 is 0. The lowest BCUT2D eigenvalue weighted by Crippen LogP contribution is -2.49. The van der Waals surface area contributed by atoms with Crippen LogP contribution >= 0.6 is 12.4 Å². The molecule has 0 aromatic heterocycles. The molecule has 7 nitrogen and oxygen atoms in total. The topological polar surface area (TPSA) is 122 Å². The van der Waals surface area contributed by atoms with Gasteiger partial charge in [0.15, 0.2) is 17.7 Å². The number of carboxylic acid groups (broad SMARTS) is 1. The van der Waals surface area contributed by atoms with Crippen molar-refractivity contribution in [2.24, 2.45) is 5.73 Å². The predicted molar refractivity (Wildman–Crippen MR) is 103 cm³/mol. The first-order valence-electron chi connectivity index (χ1n) is 8.65. The van der Waals surface area contributed by atoms with Crippen LogP contribution in [-0.4, -0.2) is 40.6 Å². The second-order valence-electron chi connectivity index (χ2n) is 6.41. The average molecular weight is 485 g/mol. The third-order valence-corrected chi connectivity index (χ3v) is 4.13. The molecule has 0 aliphatic rings. The molecule has 2 aromatic carbocycles. The molecule has 2 aromatic rings. The number of carboxylic acids is 1. The largest absolute Gasteiger partial charge is 0.573 e. The Morgan fingerprint density at radius 1 is 1.09 bits per heavy atom. The molecule has 0 heterocycles. The number of hydrogen-bond donors (Lipinski definition) is 4. The number of benzene rings is 2. The summed E-state index contributed by atoms with van der Waals surface area (Å²) in [5.74, 6) is -8.81. The van der Waals surface area contributed by atoms with Gasteiger partial charge in [0.1, 0.15) is 6.10 Å². The van der Waals surface area contributed by atoms with Crippen molar-refractivity contribution in [2.45, 2.75) is 31.0 Å². The van der Waals surface area contributed by atoms with Crippen LogP contribution in [0.25, 0.3) is 0 Å². The van der Waals surface area contributed by atoms with Crippen LogP contribution in [0.5, 0.6) is 5.75 Å². The molecule has 13 heteroatoms. The lowest BCUT2D eigenvalue weighted by Gasteiger charge is -2.22. The minimum atomic E-state index is -5.46. The second-order valence-corrected chi connectivity index (χ2v) is 6.41. The van der Waals surface area contributed by atoms with Gasteiger partial charge in [-0.25, -0.2) is 13.6 Å². The minimum Gasteiger partial charge on any atom is -0.479 e. The van der Waals surface area contributed by atoms with Crippen LogP contribution in [0.1, 0.15) is 17.2 Å². The van der Waals surface area contributed by atoms with Crippen molar-refractivity contribution >= 4 is 24.3 Å². The number of aliphatic carboxylic acids is 1. The third-order valence-electron chi connectivity index (χ3n) is 4.13. The number of aliphatic hydroxyl groups is 1. The SMILES string of the molecule is Cl.N[C@H](Cc1ccccc1)[C@H](O)C(=O)N[C@H](C(=O)O)c1ccc(F)c(OC(F)(F)F)c1F. The van der Waals surface area contributed by atoms with Crippen LogP contribution in [0.2, 0.25) is 0 Å². The van der Waals surface area contributed by atoms with E-state index in [4.69, 9.17) is 5.73 Å². The number of aliphatic hydroxyl groups excluding tert-OH is 1. The predicted octanol–water partition coefficient (Wildman–Crippen LogP) is 2.46. The van der Waals surface area contributed by atoms with Crippen molar-refractivity contribution in [1.82, 2.24) is 5.32 Å². The van der Waals surface area contributed by atoms with Crippen molar-refractivity contribution in [1.29, 1.82) is 0 Å². The standard InChI is InChI=1S/C19H17F5N2O5.ClH/c20-11-7-6-10(13(21)16(11)31-19(22,23)24)14(18(29)30)26-17(28)15(27)12(25)8-9-4-2-1-3-5-9;/h1-7,12,14-15,27H,8,25H2,(H,26,28)(H,29,30);1H/t12-,14+,15+;/m1./s1. The Morgan fingerprint density at radius 3 is 2.22 bits per heavy atom. The molecule has 0 spiro atoms. The van der Waals surface area contributed by atoms with Gasteiger partial charge in [0, 0.05) is 11.6 Å². The van der Waals surface area contributed by atoms with Gasteiger partial charge in [0.05, 0.1) is 0 Å². The zero-order chi connectivity index (χ0) is 23.3. The normalized spacial score (nSPS) is 14.0. The Morgan fingerprint density at radius 2 is 1.69 bits per heavy atom. The number of nitrogens with one attached hydrogen (secondary N) is 1. The summed E-state index contributed by atoms with van der Waals surface area (Å²) in [4.78, 5) is 23.7. The molecule has 0 aliphatic heterocycles. The van der Waals surface area contributed by atoms with E-state index in [1.54, 1.807) is 35.6 Å². The van der Waals surface area contributed by atoms with Crippen LogP contribution in [0.3, 0.4) is 0 Å². The first kappa shape index (κ1) is 27.1. The second kappa shape index (κ2) is 11.1.